The average Bonchev–Trinajstić information content (AvgIpc) is 2.46. The van der Waals surface area contributed by atoms with Crippen LogP contribution in [0.3, 0.4) is 0 Å². The number of halogens is 1. The third-order valence-electron chi connectivity index (χ3n) is 2.54. The molecule has 0 aliphatic rings. The molecule has 7 heteroatoms. The maximum Gasteiger partial charge on any atom is 0.228 e. The smallest absolute Gasteiger partial charge is 0.228 e. The van der Waals surface area contributed by atoms with Gasteiger partial charge < -0.3 is 19.5 Å². The quantitative estimate of drug-likeness (QED) is 0.856. The van der Waals surface area contributed by atoms with E-state index in [1.54, 1.807) is 45.7 Å². The van der Waals surface area contributed by atoms with Crippen molar-refractivity contribution >= 4 is 23.2 Å². The summed E-state index contributed by atoms with van der Waals surface area (Å²) < 4.78 is 15.8. The lowest BCUT2D eigenvalue weighted by Crippen LogP contribution is -2.00. The van der Waals surface area contributed by atoms with Crippen LogP contribution in [-0.2, 0) is 0 Å². The van der Waals surface area contributed by atoms with Gasteiger partial charge in [0.2, 0.25) is 11.7 Å². The molecule has 0 saturated heterocycles. The van der Waals surface area contributed by atoms with Crippen LogP contribution in [0.5, 0.6) is 17.2 Å². The zero-order valence-electron chi connectivity index (χ0n) is 11.3. The Morgan fingerprint density at radius 3 is 2.20 bits per heavy atom. The molecular formula is C13H14ClN3O3. The Kier molecular flexibility index (Phi) is 4.47. The normalized spacial score (nSPS) is 10.0. The molecule has 0 radical (unpaired) electrons. The summed E-state index contributed by atoms with van der Waals surface area (Å²) in [6, 6.07) is 5.11. The summed E-state index contributed by atoms with van der Waals surface area (Å²) in [7, 11) is 4.65. The van der Waals surface area contributed by atoms with E-state index in [2.05, 4.69) is 15.3 Å². The minimum absolute atomic E-state index is 0.356. The molecule has 0 spiro atoms. The van der Waals surface area contributed by atoms with Gasteiger partial charge in [-0.25, -0.2) is 9.97 Å². The molecule has 6 nitrogen and oxygen atoms in total. The number of nitrogens with zero attached hydrogens (tertiary/aromatic N) is 2. The molecule has 1 heterocycles. The molecule has 1 N–H and O–H groups in total. The maximum absolute atomic E-state index is 5.82. The first-order valence-corrected chi connectivity index (χ1v) is 6.11. The van der Waals surface area contributed by atoms with Crippen molar-refractivity contribution in [3.05, 3.63) is 29.5 Å². The van der Waals surface area contributed by atoms with Gasteiger partial charge in [0.05, 0.1) is 21.3 Å². The highest BCUT2D eigenvalue weighted by molar-refractivity contribution is 6.29. The van der Waals surface area contributed by atoms with Crippen molar-refractivity contribution in [1.29, 1.82) is 0 Å². The number of methoxy groups -OCH3 is 3. The number of hydrogen-bond acceptors (Lipinski definition) is 6. The van der Waals surface area contributed by atoms with Crippen molar-refractivity contribution in [1.82, 2.24) is 9.97 Å². The monoisotopic (exact) mass is 295 g/mol. The predicted octanol–water partition coefficient (Wildman–Crippen LogP) is 2.90. The van der Waals surface area contributed by atoms with E-state index in [-0.39, 0.29) is 0 Å². The van der Waals surface area contributed by atoms with Gasteiger partial charge in [-0.2, -0.15) is 0 Å². The van der Waals surface area contributed by atoms with Crippen LogP contribution in [0.15, 0.2) is 24.4 Å². The van der Waals surface area contributed by atoms with E-state index < -0.39 is 0 Å². The molecular weight excluding hydrogens is 282 g/mol. The van der Waals surface area contributed by atoms with Gasteiger partial charge in [0.15, 0.2) is 11.5 Å². The highest BCUT2D eigenvalue weighted by atomic mass is 35.5. The Balaban J connectivity index is 2.37. The first-order valence-electron chi connectivity index (χ1n) is 5.73. The van der Waals surface area contributed by atoms with E-state index in [1.165, 1.54) is 0 Å². The summed E-state index contributed by atoms with van der Waals surface area (Å²) in [6.45, 7) is 0. The molecule has 0 fully saturated rings. The minimum atomic E-state index is 0.356. The molecule has 0 atom stereocenters. The number of rotatable bonds is 5. The molecule has 2 aromatic rings. The number of benzene rings is 1. The molecule has 106 valence electrons. The fourth-order valence-corrected chi connectivity index (χ4v) is 1.82. The lowest BCUT2D eigenvalue weighted by molar-refractivity contribution is 0.324. The van der Waals surface area contributed by atoms with E-state index in [0.29, 0.717) is 34.0 Å². The summed E-state index contributed by atoms with van der Waals surface area (Å²) in [5.74, 6) is 1.98. The van der Waals surface area contributed by atoms with Gasteiger partial charge in [0.25, 0.3) is 0 Å². The molecule has 2 rings (SSSR count). The molecule has 1 aromatic heterocycles. The molecule has 0 amide bonds. The van der Waals surface area contributed by atoms with Crippen molar-refractivity contribution in [2.45, 2.75) is 0 Å². The summed E-state index contributed by atoms with van der Waals surface area (Å²) in [6.07, 6.45) is 1.57. The summed E-state index contributed by atoms with van der Waals surface area (Å²) in [4.78, 5) is 8.12. The number of hydrogen-bond donors (Lipinski definition) is 1. The number of aromatic nitrogens is 2. The van der Waals surface area contributed by atoms with Crippen LogP contribution in [0.2, 0.25) is 5.15 Å². The van der Waals surface area contributed by atoms with E-state index in [1.807, 2.05) is 0 Å². The first-order chi connectivity index (χ1) is 9.67. The van der Waals surface area contributed by atoms with Crippen LogP contribution in [0.1, 0.15) is 0 Å². The van der Waals surface area contributed by atoms with Crippen LogP contribution in [0, 0.1) is 0 Å². The average molecular weight is 296 g/mol. The van der Waals surface area contributed by atoms with E-state index in [9.17, 15) is 0 Å². The minimum Gasteiger partial charge on any atom is -0.493 e. The molecule has 0 unspecified atom stereocenters. The second kappa shape index (κ2) is 6.29. The fraction of sp³-hybridized carbons (Fsp3) is 0.231. The van der Waals surface area contributed by atoms with E-state index in [0.717, 1.165) is 0 Å². The summed E-state index contributed by atoms with van der Waals surface area (Å²) >= 11 is 5.82. The van der Waals surface area contributed by atoms with Gasteiger partial charge in [-0.15, -0.1) is 0 Å². The Bertz CT molecular complexity index is 582. The van der Waals surface area contributed by atoms with Crippen LogP contribution in [0.25, 0.3) is 0 Å². The largest absolute Gasteiger partial charge is 0.493 e. The van der Waals surface area contributed by atoms with Crippen LogP contribution >= 0.6 is 11.6 Å². The van der Waals surface area contributed by atoms with Gasteiger partial charge >= 0.3 is 0 Å². The van der Waals surface area contributed by atoms with Crippen LogP contribution in [-0.4, -0.2) is 31.3 Å². The van der Waals surface area contributed by atoms with Gasteiger partial charge in [0.1, 0.15) is 5.15 Å². The molecule has 0 aliphatic heterocycles. The van der Waals surface area contributed by atoms with Gasteiger partial charge in [0, 0.05) is 24.0 Å². The Morgan fingerprint density at radius 1 is 1.05 bits per heavy atom. The van der Waals surface area contributed by atoms with Crippen molar-refractivity contribution < 1.29 is 14.2 Å². The lowest BCUT2D eigenvalue weighted by atomic mass is 10.2. The Labute approximate surface area is 121 Å². The molecule has 0 saturated carbocycles. The molecule has 0 aliphatic carbocycles. The standard InChI is InChI=1S/C13H14ClN3O3/c1-18-9-6-8(7-10(19-2)12(9)20-3)16-13-15-5-4-11(14)17-13/h4-7H,1-3H3,(H,15,16,17). The third-order valence-corrected chi connectivity index (χ3v) is 2.75. The van der Waals surface area contributed by atoms with Crippen LogP contribution < -0.4 is 19.5 Å². The van der Waals surface area contributed by atoms with Crippen molar-refractivity contribution in [2.24, 2.45) is 0 Å². The van der Waals surface area contributed by atoms with Gasteiger partial charge in [-0.3, -0.25) is 0 Å². The van der Waals surface area contributed by atoms with Crippen molar-refractivity contribution in [3.63, 3.8) is 0 Å². The fourth-order valence-electron chi connectivity index (χ4n) is 1.68. The number of ether oxygens (including phenoxy) is 3. The number of nitrogens with one attached hydrogen (secondary N) is 1. The van der Waals surface area contributed by atoms with Gasteiger partial charge in [-0.05, 0) is 6.07 Å². The summed E-state index contributed by atoms with van der Waals surface area (Å²) in [5.41, 5.74) is 0.696. The topological polar surface area (TPSA) is 65.5 Å². The van der Waals surface area contributed by atoms with Crippen molar-refractivity contribution in [2.75, 3.05) is 26.6 Å². The highest BCUT2D eigenvalue weighted by Gasteiger charge is 2.13. The SMILES string of the molecule is COc1cc(Nc2nccc(Cl)n2)cc(OC)c1OC. The molecule has 1 aromatic carbocycles. The number of anilines is 2. The zero-order valence-corrected chi connectivity index (χ0v) is 12.1. The van der Waals surface area contributed by atoms with Gasteiger partial charge in [-0.1, -0.05) is 11.6 Å². The highest BCUT2D eigenvalue weighted by Crippen LogP contribution is 2.40. The van der Waals surface area contributed by atoms with Crippen LogP contribution in [0.4, 0.5) is 11.6 Å². The zero-order chi connectivity index (χ0) is 14.5. The van der Waals surface area contributed by atoms with E-state index in [4.69, 9.17) is 25.8 Å². The predicted molar refractivity (Wildman–Crippen MR) is 76.4 cm³/mol. The Hall–Kier alpha value is -2.21. The second-order valence-electron chi connectivity index (χ2n) is 3.74. The molecule has 0 bridgehead atoms. The van der Waals surface area contributed by atoms with Crippen molar-refractivity contribution in [3.8, 4) is 17.2 Å². The first kappa shape index (κ1) is 14.2. The lowest BCUT2D eigenvalue weighted by Gasteiger charge is -2.14. The Morgan fingerprint density at radius 2 is 1.70 bits per heavy atom. The molecule has 20 heavy (non-hydrogen) atoms. The summed E-state index contributed by atoms with van der Waals surface area (Å²) in [5, 5.41) is 3.38. The van der Waals surface area contributed by atoms with E-state index >= 15 is 0 Å². The maximum atomic E-state index is 5.82. The third kappa shape index (κ3) is 3.03. The second-order valence-corrected chi connectivity index (χ2v) is 4.13.